The molecule has 0 heterocycles. The zero-order chi connectivity index (χ0) is 9.28. The lowest BCUT2D eigenvalue weighted by Gasteiger charge is -2.38. The van der Waals surface area contributed by atoms with Crippen LogP contribution in [0.25, 0.3) is 0 Å². The topological polar surface area (TPSA) is 29.5 Å². The van der Waals surface area contributed by atoms with Gasteiger partial charge in [0.2, 0.25) is 0 Å². The van der Waals surface area contributed by atoms with Crippen molar-refractivity contribution >= 4 is 9.04 Å². The van der Waals surface area contributed by atoms with Crippen molar-refractivity contribution in [2.75, 3.05) is 0 Å². The molecule has 0 saturated carbocycles. The molecule has 0 rings (SSSR count). The van der Waals surface area contributed by atoms with Gasteiger partial charge in [-0.05, 0) is 20.0 Å². The summed E-state index contributed by atoms with van der Waals surface area (Å²) in [6, 6.07) is 0. The van der Waals surface area contributed by atoms with Crippen LogP contribution in [0.3, 0.4) is 0 Å². The summed E-state index contributed by atoms with van der Waals surface area (Å²) in [6.07, 6.45) is 0. The van der Waals surface area contributed by atoms with Gasteiger partial charge in [-0.25, -0.2) is 0 Å². The Balaban J connectivity index is 4.22. The van der Waals surface area contributed by atoms with E-state index < -0.39 is 14.8 Å². The van der Waals surface area contributed by atoms with Gasteiger partial charge < -0.3 is 9.53 Å². The van der Waals surface area contributed by atoms with Crippen LogP contribution in [0.4, 0.5) is 0 Å². The molecule has 0 bridgehead atoms. The maximum Gasteiger partial charge on any atom is 0.174 e. The van der Waals surface area contributed by atoms with Crippen molar-refractivity contribution in [3.8, 4) is 0 Å². The van der Waals surface area contributed by atoms with Crippen LogP contribution >= 0.6 is 0 Å². The van der Waals surface area contributed by atoms with Crippen LogP contribution < -0.4 is 0 Å². The van der Waals surface area contributed by atoms with Gasteiger partial charge in [-0.15, -0.1) is 0 Å². The van der Waals surface area contributed by atoms with Crippen molar-refractivity contribution in [3.63, 3.8) is 0 Å². The summed E-state index contributed by atoms with van der Waals surface area (Å²) in [5.74, 6) is -0.979. The first-order valence-electron chi connectivity index (χ1n) is 4.07. The molecule has 0 saturated heterocycles. The van der Waals surface area contributed by atoms with Gasteiger partial charge in [0, 0.05) is 5.41 Å². The van der Waals surface area contributed by atoms with E-state index in [-0.39, 0.29) is 5.41 Å². The fraction of sp³-hybridized carbons (Fsp3) is 1.00. The van der Waals surface area contributed by atoms with E-state index >= 15 is 0 Å². The number of hydrogen-bond donors (Lipinski definition) is 1. The van der Waals surface area contributed by atoms with E-state index in [1.54, 1.807) is 6.92 Å². The van der Waals surface area contributed by atoms with Gasteiger partial charge in [0.25, 0.3) is 0 Å². The minimum absolute atomic E-state index is 0.204. The van der Waals surface area contributed by atoms with Gasteiger partial charge in [-0.2, -0.15) is 0 Å². The van der Waals surface area contributed by atoms with E-state index in [0.717, 1.165) is 0 Å². The lowest BCUT2D eigenvalue weighted by atomic mass is 9.87. The van der Waals surface area contributed by atoms with E-state index in [1.165, 1.54) is 0 Å². The molecule has 68 valence electrons. The predicted molar refractivity (Wildman–Crippen MR) is 50.0 cm³/mol. The third-order valence-electron chi connectivity index (χ3n) is 1.86. The number of aliphatic hydroxyl groups is 1. The number of rotatable bonds is 2. The predicted octanol–water partition coefficient (Wildman–Crippen LogP) is 1.74. The Labute approximate surface area is 71.3 Å². The second kappa shape index (κ2) is 3.25. The van der Waals surface area contributed by atoms with Gasteiger partial charge in [0.15, 0.2) is 14.8 Å². The lowest BCUT2D eigenvalue weighted by molar-refractivity contribution is -0.195. The van der Waals surface area contributed by atoms with Crippen molar-refractivity contribution in [2.24, 2.45) is 5.41 Å². The van der Waals surface area contributed by atoms with Crippen molar-refractivity contribution in [1.82, 2.24) is 0 Å². The van der Waals surface area contributed by atoms with Crippen molar-refractivity contribution in [3.05, 3.63) is 0 Å². The van der Waals surface area contributed by atoms with Crippen LogP contribution in [0.2, 0.25) is 13.1 Å². The molecule has 1 unspecified atom stereocenters. The lowest BCUT2D eigenvalue weighted by Crippen LogP contribution is -2.45. The zero-order valence-corrected chi connectivity index (χ0v) is 9.59. The zero-order valence-electron chi connectivity index (χ0n) is 8.43. The summed E-state index contributed by atoms with van der Waals surface area (Å²) in [7, 11) is -1.15. The van der Waals surface area contributed by atoms with Crippen LogP contribution in [0.5, 0.6) is 0 Å². The summed E-state index contributed by atoms with van der Waals surface area (Å²) in [4.78, 5) is 0. The molecule has 1 atom stereocenters. The summed E-state index contributed by atoms with van der Waals surface area (Å²) < 4.78 is 5.50. The SMILES string of the molecule is C[SiH](C)OC(C)(O)C(C)(C)C. The minimum atomic E-state index is -1.15. The third kappa shape index (κ3) is 3.36. The molecule has 0 aliphatic heterocycles. The van der Waals surface area contributed by atoms with E-state index in [1.807, 2.05) is 20.8 Å². The molecule has 0 amide bonds. The molecule has 0 spiro atoms. The summed E-state index contributed by atoms with van der Waals surface area (Å²) in [6.45, 7) is 11.8. The highest BCUT2D eigenvalue weighted by molar-refractivity contribution is 6.48. The summed E-state index contributed by atoms with van der Waals surface area (Å²) in [5.41, 5.74) is -0.204. The quantitative estimate of drug-likeness (QED) is 0.513. The van der Waals surface area contributed by atoms with Gasteiger partial charge in [-0.1, -0.05) is 20.8 Å². The first kappa shape index (κ1) is 11.1. The smallest absolute Gasteiger partial charge is 0.174 e. The summed E-state index contributed by atoms with van der Waals surface area (Å²) in [5, 5.41) is 9.83. The first-order valence-corrected chi connectivity index (χ1v) is 6.85. The molecular weight excluding hydrogens is 156 g/mol. The molecule has 0 aromatic heterocycles. The number of hydrogen-bond acceptors (Lipinski definition) is 2. The fourth-order valence-corrected chi connectivity index (χ4v) is 1.91. The molecule has 0 aliphatic rings. The molecular formula is C8H20O2Si. The van der Waals surface area contributed by atoms with E-state index in [9.17, 15) is 5.11 Å². The Morgan fingerprint density at radius 1 is 1.09 bits per heavy atom. The van der Waals surface area contributed by atoms with Gasteiger partial charge in [0.1, 0.15) is 0 Å². The molecule has 0 aromatic carbocycles. The first-order chi connectivity index (χ1) is 4.67. The molecule has 3 heteroatoms. The highest BCUT2D eigenvalue weighted by Gasteiger charge is 2.36. The highest BCUT2D eigenvalue weighted by Crippen LogP contribution is 2.31. The van der Waals surface area contributed by atoms with Gasteiger partial charge in [-0.3, -0.25) is 0 Å². The van der Waals surface area contributed by atoms with Crippen molar-refractivity contribution in [1.29, 1.82) is 0 Å². The largest absolute Gasteiger partial charge is 0.394 e. The molecule has 0 aliphatic carbocycles. The second-order valence-corrected chi connectivity index (χ2v) is 6.73. The van der Waals surface area contributed by atoms with E-state index in [2.05, 4.69) is 13.1 Å². The van der Waals surface area contributed by atoms with E-state index in [0.29, 0.717) is 0 Å². The molecule has 11 heavy (non-hydrogen) atoms. The molecule has 2 nitrogen and oxygen atoms in total. The van der Waals surface area contributed by atoms with Crippen LogP contribution in [0, 0.1) is 5.41 Å². The van der Waals surface area contributed by atoms with Crippen molar-refractivity contribution < 1.29 is 9.53 Å². The minimum Gasteiger partial charge on any atom is -0.394 e. The average Bonchev–Trinajstić information content (AvgIpc) is 1.56. The normalized spacial score (nSPS) is 18.5. The van der Waals surface area contributed by atoms with Crippen LogP contribution in [-0.2, 0) is 4.43 Å². The van der Waals surface area contributed by atoms with Gasteiger partial charge >= 0.3 is 0 Å². The monoisotopic (exact) mass is 176 g/mol. The molecule has 1 N–H and O–H groups in total. The van der Waals surface area contributed by atoms with Crippen LogP contribution in [0.15, 0.2) is 0 Å². The average molecular weight is 176 g/mol. The Morgan fingerprint density at radius 2 is 1.45 bits per heavy atom. The maximum atomic E-state index is 9.83. The standard InChI is InChI=1S/C8H20O2Si/c1-7(2,3)8(4,9)10-11(5)6/h9,11H,1-6H3. The van der Waals surface area contributed by atoms with E-state index in [4.69, 9.17) is 4.43 Å². The third-order valence-corrected chi connectivity index (χ3v) is 2.79. The summed E-state index contributed by atoms with van der Waals surface area (Å²) >= 11 is 0. The van der Waals surface area contributed by atoms with Gasteiger partial charge in [0.05, 0.1) is 0 Å². The Hall–Kier alpha value is 0.137. The van der Waals surface area contributed by atoms with Crippen LogP contribution in [-0.4, -0.2) is 19.9 Å². The Morgan fingerprint density at radius 3 is 1.55 bits per heavy atom. The molecule has 0 aromatic rings. The molecule has 0 fully saturated rings. The fourth-order valence-electron chi connectivity index (χ4n) is 0.636. The maximum absolute atomic E-state index is 9.83. The highest BCUT2D eigenvalue weighted by atomic mass is 28.3. The molecule has 0 radical (unpaired) electrons. The second-order valence-electron chi connectivity index (χ2n) is 4.40. The Bertz CT molecular complexity index is 125. The van der Waals surface area contributed by atoms with Crippen molar-refractivity contribution in [2.45, 2.75) is 46.6 Å². The Kier molecular flexibility index (Phi) is 3.29. The van der Waals surface area contributed by atoms with Crippen LogP contribution in [0.1, 0.15) is 27.7 Å².